The number of hydrogen-bond donors (Lipinski definition) is 1. The third-order valence-corrected chi connectivity index (χ3v) is 3.86. The molecule has 20 heavy (non-hydrogen) atoms. The quantitative estimate of drug-likeness (QED) is 0.368. The van der Waals surface area contributed by atoms with Crippen molar-refractivity contribution in [2.24, 2.45) is 0 Å². The second-order valence-electron chi connectivity index (χ2n) is 3.95. The Labute approximate surface area is 113 Å². The predicted octanol–water partition coefficient (Wildman–Crippen LogP) is 0.454. The van der Waals surface area contributed by atoms with Crippen molar-refractivity contribution < 1.29 is 22.6 Å². The van der Waals surface area contributed by atoms with E-state index in [4.69, 9.17) is 5.11 Å². The highest BCUT2D eigenvalue weighted by Crippen LogP contribution is 2.23. The molecular formula is C10H11N3O6S. The van der Waals surface area contributed by atoms with Crippen LogP contribution in [0.15, 0.2) is 30.5 Å². The monoisotopic (exact) mass is 301 g/mol. The van der Waals surface area contributed by atoms with E-state index in [-0.39, 0.29) is 5.52 Å². The zero-order valence-corrected chi connectivity index (χ0v) is 11.1. The summed E-state index contributed by atoms with van der Waals surface area (Å²) in [6.45, 7) is 1.04. The second-order valence-corrected chi connectivity index (χ2v) is 5.55. The molecule has 0 bridgehead atoms. The minimum absolute atomic E-state index is 0.270. The predicted molar refractivity (Wildman–Crippen MR) is 67.5 cm³/mol. The highest BCUT2D eigenvalue weighted by atomic mass is 32.2. The molecule has 1 N–H and O–H groups in total. The van der Waals surface area contributed by atoms with Crippen LogP contribution in [0.4, 0.5) is 0 Å². The SMILES string of the molecule is CC(O)OS(=O)(=O)C(n1ncc2ccccc21)[N+](=O)[O-]. The number of para-hydroxylation sites is 1. The summed E-state index contributed by atoms with van der Waals surface area (Å²) in [5.74, 6) is 0. The van der Waals surface area contributed by atoms with E-state index >= 15 is 0 Å². The molecule has 1 aromatic heterocycles. The van der Waals surface area contributed by atoms with Crippen LogP contribution in [0, 0.1) is 10.1 Å². The van der Waals surface area contributed by atoms with E-state index in [2.05, 4.69) is 9.28 Å². The molecule has 2 rings (SSSR count). The summed E-state index contributed by atoms with van der Waals surface area (Å²) in [5, 5.41) is 24.3. The van der Waals surface area contributed by atoms with Gasteiger partial charge in [0, 0.05) is 5.39 Å². The second kappa shape index (κ2) is 5.15. The molecule has 0 spiro atoms. The van der Waals surface area contributed by atoms with E-state index in [0.717, 1.165) is 11.6 Å². The summed E-state index contributed by atoms with van der Waals surface area (Å²) in [4.78, 5) is 10.0. The van der Waals surface area contributed by atoms with E-state index < -0.39 is 26.8 Å². The molecule has 0 saturated heterocycles. The third-order valence-electron chi connectivity index (χ3n) is 2.43. The van der Waals surface area contributed by atoms with Gasteiger partial charge >= 0.3 is 15.6 Å². The Morgan fingerprint density at radius 2 is 2.10 bits per heavy atom. The molecule has 9 nitrogen and oxygen atoms in total. The fraction of sp³-hybridized carbons (Fsp3) is 0.300. The molecule has 0 radical (unpaired) electrons. The van der Waals surface area contributed by atoms with Gasteiger partial charge in [0.1, 0.15) is 0 Å². The lowest BCUT2D eigenvalue weighted by Crippen LogP contribution is -2.31. The summed E-state index contributed by atoms with van der Waals surface area (Å²) >= 11 is 0. The first kappa shape index (κ1) is 14.4. The van der Waals surface area contributed by atoms with E-state index in [1.165, 1.54) is 12.3 Å². The van der Waals surface area contributed by atoms with Crippen molar-refractivity contribution in [3.8, 4) is 0 Å². The Morgan fingerprint density at radius 1 is 1.45 bits per heavy atom. The molecule has 10 heteroatoms. The number of aliphatic hydroxyl groups excluding tert-OH is 1. The first-order valence-corrected chi connectivity index (χ1v) is 6.96. The van der Waals surface area contributed by atoms with Crippen LogP contribution >= 0.6 is 0 Å². The third kappa shape index (κ3) is 2.61. The highest BCUT2D eigenvalue weighted by molar-refractivity contribution is 7.86. The standard InChI is InChI=1S/C10H11N3O6S/c1-7(14)19-20(17,18)10(13(15)16)12-9-5-3-2-4-8(9)6-11-12/h2-7,10,14H,1H3. The maximum atomic E-state index is 11.8. The van der Waals surface area contributed by atoms with Gasteiger partial charge in [-0.15, -0.1) is 0 Å². The fourth-order valence-corrected chi connectivity index (χ4v) is 2.84. The zero-order valence-electron chi connectivity index (χ0n) is 10.3. The lowest BCUT2D eigenvalue weighted by Gasteiger charge is -2.13. The number of aliphatic hydroxyl groups is 1. The molecule has 1 heterocycles. The Morgan fingerprint density at radius 3 is 2.70 bits per heavy atom. The number of rotatable bonds is 5. The zero-order chi connectivity index (χ0) is 14.9. The van der Waals surface area contributed by atoms with Crippen molar-refractivity contribution in [3.05, 3.63) is 40.6 Å². The molecular weight excluding hydrogens is 290 g/mol. The first-order chi connectivity index (χ1) is 9.33. The van der Waals surface area contributed by atoms with Gasteiger partial charge in [-0.1, -0.05) is 18.2 Å². The van der Waals surface area contributed by atoms with E-state index in [1.807, 2.05) is 0 Å². The first-order valence-electron chi connectivity index (χ1n) is 5.49. The number of hydrogen-bond acceptors (Lipinski definition) is 7. The molecule has 0 aliphatic heterocycles. The maximum absolute atomic E-state index is 11.8. The summed E-state index contributed by atoms with van der Waals surface area (Å²) in [6.07, 6.45) is -0.381. The van der Waals surface area contributed by atoms with Crippen molar-refractivity contribution in [2.45, 2.75) is 18.7 Å². The Hall–Kier alpha value is -2.04. The largest absolute Gasteiger partial charge is 0.429 e. The maximum Gasteiger partial charge on any atom is 0.429 e. The molecule has 0 saturated carbocycles. The van der Waals surface area contributed by atoms with Crippen LogP contribution in [0.25, 0.3) is 10.9 Å². The molecule has 2 aromatic rings. The number of fused-ring (bicyclic) bond motifs is 1. The Kier molecular flexibility index (Phi) is 3.70. The summed E-state index contributed by atoms with van der Waals surface area (Å²) in [7, 11) is -4.68. The Bertz CT molecular complexity index is 738. The normalized spacial score (nSPS) is 15.1. The summed E-state index contributed by atoms with van der Waals surface area (Å²) in [5.41, 5.74) is -2.00. The molecule has 108 valence electrons. The lowest BCUT2D eigenvalue weighted by molar-refractivity contribution is -0.522. The van der Waals surface area contributed by atoms with Gasteiger partial charge in [0.25, 0.3) is 0 Å². The minimum atomic E-state index is -4.68. The van der Waals surface area contributed by atoms with E-state index in [9.17, 15) is 18.5 Å². The van der Waals surface area contributed by atoms with Gasteiger partial charge in [0.05, 0.1) is 16.6 Å². The van der Waals surface area contributed by atoms with Gasteiger partial charge in [-0.2, -0.15) is 18.2 Å². The molecule has 0 fully saturated rings. The Balaban J connectivity index is 2.57. The van der Waals surface area contributed by atoms with Crippen LogP contribution in [0.2, 0.25) is 0 Å². The van der Waals surface area contributed by atoms with Crippen molar-refractivity contribution in [3.63, 3.8) is 0 Å². The van der Waals surface area contributed by atoms with Crippen molar-refractivity contribution in [1.82, 2.24) is 9.78 Å². The van der Waals surface area contributed by atoms with Gasteiger partial charge < -0.3 is 5.11 Å². The van der Waals surface area contributed by atoms with Gasteiger partial charge in [-0.05, 0) is 13.0 Å². The van der Waals surface area contributed by atoms with E-state index in [1.54, 1.807) is 18.2 Å². The molecule has 0 aliphatic carbocycles. The van der Waals surface area contributed by atoms with Gasteiger partial charge in [-0.25, -0.2) is 4.18 Å². The van der Waals surface area contributed by atoms with Crippen molar-refractivity contribution in [1.29, 1.82) is 0 Å². The average molecular weight is 301 g/mol. The van der Waals surface area contributed by atoms with Crippen LogP contribution in [0.3, 0.4) is 0 Å². The fourth-order valence-electron chi connectivity index (χ4n) is 1.73. The van der Waals surface area contributed by atoms with Crippen molar-refractivity contribution in [2.75, 3.05) is 0 Å². The van der Waals surface area contributed by atoms with Gasteiger partial charge in [-0.3, -0.25) is 10.1 Å². The van der Waals surface area contributed by atoms with Gasteiger partial charge in [0.15, 0.2) is 6.29 Å². The summed E-state index contributed by atoms with van der Waals surface area (Å²) in [6, 6.07) is 6.42. The number of nitro groups is 1. The highest BCUT2D eigenvalue weighted by Gasteiger charge is 2.42. The van der Waals surface area contributed by atoms with E-state index in [0.29, 0.717) is 5.39 Å². The van der Waals surface area contributed by atoms with Crippen LogP contribution in [0.1, 0.15) is 12.4 Å². The number of benzene rings is 1. The molecule has 0 amide bonds. The smallest absolute Gasteiger partial charge is 0.367 e. The number of aromatic nitrogens is 2. The lowest BCUT2D eigenvalue weighted by atomic mass is 10.3. The summed E-state index contributed by atoms with van der Waals surface area (Å²) < 4.78 is 28.7. The molecule has 0 aliphatic rings. The minimum Gasteiger partial charge on any atom is -0.367 e. The topological polar surface area (TPSA) is 125 Å². The average Bonchev–Trinajstić information content (AvgIpc) is 2.71. The number of nitrogens with zero attached hydrogens (tertiary/aromatic N) is 3. The van der Waals surface area contributed by atoms with Crippen LogP contribution < -0.4 is 0 Å². The van der Waals surface area contributed by atoms with Crippen LogP contribution in [-0.4, -0.2) is 34.5 Å². The molecule has 2 unspecified atom stereocenters. The molecule has 1 aromatic carbocycles. The van der Waals surface area contributed by atoms with Crippen LogP contribution in [0.5, 0.6) is 0 Å². The van der Waals surface area contributed by atoms with Gasteiger partial charge in [0.2, 0.25) is 0 Å². The van der Waals surface area contributed by atoms with Crippen LogP contribution in [-0.2, 0) is 14.3 Å². The van der Waals surface area contributed by atoms with Crippen molar-refractivity contribution >= 4 is 21.0 Å². The molecule has 2 atom stereocenters.